The molecule has 0 aliphatic carbocycles. The molecule has 186 valence electrons. The molecular weight excluding hydrogens is 470 g/mol. The second kappa shape index (κ2) is 9.56. The highest BCUT2D eigenvalue weighted by molar-refractivity contribution is 5.83. The molecule has 2 aromatic heterocycles. The Morgan fingerprint density at radius 1 is 0.553 bits per heavy atom. The molecule has 6 heteroatoms. The van der Waals surface area contributed by atoms with Crippen LogP contribution in [0.25, 0.3) is 56.3 Å². The van der Waals surface area contributed by atoms with Gasteiger partial charge in [-0.25, -0.2) is 19.7 Å². The lowest BCUT2D eigenvalue weighted by atomic mass is 10.0. The Labute approximate surface area is 220 Å². The third-order valence-electron chi connectivity index (χ3n) is 6.78. The van der Waals surface area contributed by atoms with Gasteiger partial charge < -0.3 is 0 Å². The molecule has 0 bridgehead atoms. The van der Waals surface area contributed by atoms with Gasteiger partial charge in [-0.2, -0.15) is 0 Å². The minimum atomic E-state index is 0.000717. The predicted molar refractivity (Wildman–Crippen MR) is 153 cm³/mol. The predicted octanol–water partition coefficient (Wildman–Crippen LogP) is 6.77. The molecule has 0 aliphatic rings. The van der Waals surface area contributed by atoms with E-state index in [2.05, 4.69) is 24.3 Å². The van der Waals surface area contributed by atoms with Crippen LogP contribution in [0.4, 0.5) is 0 Å². The number of aromatic nitrogens is 5. The highest BCUT2D eigenvalue weighted by Crippen LogP contribution is 2.29. The van der Waals surface area contributed by atoms with Crippen molar-refractivity contribution in [3.63, 3.8) is 0 Å². The molecule has 0 N–H and O–H groups in total. The van der Waals surface area contributed by atoms with Crippen LogP contribution in [0, 0.1) is 0 Å². The van der Waals surface area contributed by atoms with Crippen LogP contribution in [0.5, 0.6) is 0 Å². The van der Waals surface area contributed by atoms with Crippen molar-refractivity contribution < 1.29 is 0 Å². The number of rotatable bonds is 5. The minimum absolute atomic E-state index is 0.000717. The molecule has 0 radical (unpaired) electrons. The van der Waals surface area contributed by atoms with E-state index < -0.39 is 0 Å². The monoisotopic (exact) mass is 497 g/mol. The van der Waals surface area contributed by atoms with E-state index in [9.17, 15) is 4.79 Å². The van der Waals surface area contributed by atoms with E-state index >= 15 is 0 Å². The number of imidazole rings is 1. The van der Waals surface area contributed by atoms with Crippen LogP contribution in [0.3, 0.4) is 0 Å². The van der Waals surface area contributed by atoms with E-state index in [0.717, 1.165) is 38.9 Å². The Morgan fingerprint density at radius 3 is 1.50 bits per heavy atom. The first-order valence-corrected chi connectivity index (χ1v) is 12.7. The summed E-state index contributed by atoms with van der Waals surface area (Å²) in [5, 5.41) is 0. The number of fused-ring (bicyclic) bond motifs is 1. The van der Waals surface area contributed by atoms with Crippen LogP contribution < -0.4 is 5.69 Å². The summed E-state index contributed by atoms with van der Waals surface area (Å²) in [5.41, 5.74) is 6.76. The van der Waals surface area contributed by atoms with E-state index in [1.807, 2.05) is 104 Å². The number of aryl methyl sites for hydroxylation is 1. The van der Waals surface area contributed by atoms with Gasteiger partial charge in [-0.05, 0) is 37.1 Å². The zero-order valence-corrected chi connectivity index (χ0v) is 21.5. The van der Waals surface area contributed by atoms with Gasteiger partial charge in [0, 0.05) is 29.8 Å². The summed E-state index contributed by atoms with van der Waals surface area (Å²) in [6.45, 7) is 4.06. The van der Waals surface area contributed by atoms with Gasteiger partial charge in [0.15, 0.2) is 17.5 Å². The van der Waals surface area contributed by atoms with Crippen molar-refractivity contribution in [2.75, 3.05) is 0 Å². The van der Waals surface area contributed by atoms with E-state index in [0.29, 0.717) is 17.5 Å². The molecule has 6 nitrogen and oxygen atoms in total. The third-order valence-corrected chi connectivity index (χ3v) is 6.78. The average Bonchev–Trinajstić information content (AvgIpc) is 3.22. The van der Waals surface area contributed by atoms with Crippen molar-refractivity contribution in [3.05, 3.63) is 114 Å². The molecule has 4 aromatic carbocycles. The molecule has 0 fully saturated rings. The van der Waals surface area contributed by atoms with E-state index in [1.54, 1.807) is 4.57 Å². The normalized spacial score (nSPS) is 11.4. The third kappa shape index (κ3) is 4.20. The summed E-state index contributed by atoms with van der Waals surface area (Å²) >= 11 is 0. The van der Waals surface area contributed by atoms with Gasteiger partial charge in [-0.15, -0.1) is 0 Å². The molecule has 38 heavy (non-hydrogen) atoms. The topological polar surface area (TPSA) is 65.6 Å². The maximum atomic E-state index is 12.7. The standard InChI is InChI=1S/C32H27N5O/c1-21(2)37-28-20-26(18-19-27(28)36(3)32(37)38)22-14-16-25(17-15-22)31-34-29(23-10-6-4-7-11-23)33-30(35-31)24-12-8-5-9-13-24/h4-21H,1-3H3. The molecule has 2 heterocycles. The fraction of sp³-hybridized carbons (Fsp3) is 0.125. The molecular formula is C32H27N5O. The Hall–Kier alpha value is -4.84. The lowest BCUT2D eigenvalue weighted by Gasteiger charge is -2.10. The zero-order chi connectivity index (χ0) is 26.2. The highest BCUT2D eigenvalue weighted by Gasteiger charge is 2.15. The van der Waals surface area contributed by atoms with E-state index in [-0.39, 0.29) is 11.7 Å². The summed E-state index contributed by atoms with van der Waals surface area (Å²) in [5.74, 6) is 1.90. The van der Waals surface area contributed by atoms with Crippen LogP contribution in [-0.2, 0) is 7.05 Å². The molecule has 6 aromatic rings. The summed E-state index contributed by atoms with van der Waals surface area (Å²) in [6, 6.07) is 34.4. The Morgan fingerprint density at radius 2 is 1.00 bits per heavy atom. The maximum Gasteiger partial charge on any atom is 0.329 e. The van der Waals surface area contributed by atoms with E-state index in [4.69, 9.17) is 15.0 Å². The second-order valence-corrected chi connectivity index (χ2v) is 9.62. The van der Waals surface area contributed by atoms with Crippen molar-refractivity contribution in [3.8, 4) is 45.3 Å². The summed E-state index contributed by atoms with van der Waals surface area (Å²) in [6.07, 6.45) is 0. The summed E-state index contributed by atoms with van der Waals surface area (Å²) < 4.78 is 3.55. The van der Waals surface area contributed by atoms with Crippen LogP contribution >= 0.6 is 0 Å². The Balaban J connectivity index is 1.42. The second-order valence-electron chi connectivity index (χ2n) is 9.62. The fourth-order valence-corrected chi connectivity index (χ4v) is 4.80. The molecule has 0 amide bonds. The van der Waals surface area contributed by atoms with Gasteiger partial charge in [0.25, 0.3) is 0 Å². The van der Waals surface area contributed by atoms with Crippen LogP contribution in [0.15, 0.2) is 108 Å². The van der Waals surface area contributed by atoms with Crippen molar-refractivity contribution in [2.24, 2.45) is 7.05 Å². The fourth-order valence-electron chi connectivity index (χ4n) is 4.80. The van der Waals surface area contributed by atoms with Crippen LogP contribution in [0.2, 0.25) is 0 Å². The molecule has 0 saturated carbocycles. The first kappa shape index (κ1) is 23.6. The van der Waals surface area contributed by atoms with Gasteiger partial charge in [0.2, 0.25) is 0 Å². The van der Waals surface area contributed by atoms with Gasteiger partial charge >= 0.3 is 5.69 Å². The molecule has 6 rings (SSSR count). The Bertz CT molecular complexity index is 1740. The number of hydrogen-bond acceptors (Lipinski definition) is 4. The lowest BCUT2D eigenvalue weighted by Crippen LogP contribution is -2.23. The first-order chi connectivity index (χ1) is 18.5. The maximum absolute atomic E-state index is 12.7. The van der Waals surface area contributed by atoms with Gasteiger partial charge in [0.1, 0.15) is 0 Å². The lowest BCUT2D eigenvalue weighted by molar-refractivity contribution is 0.583. The number of hydrogen-bond donors (Lipinski definition) is 0. The molecule has 0 spiro atoms. The van der Waals surface area contributed by atoms with Gasteiger partial charge in [-0.3, -0.25) is 9.13 Å². The van der Waals surface area contributed by atoms with Crippen LogP contribution in [0.1, 0.15) is 19.9 Å². The van der Waals surface area contributed by atoms with Crippen molar-refractivity contribution >= 4 is 11.0 Å². The van der Waals surface area contributed by atoms with Crippen molar-refractivity contribution in [1.29, 1.82) is 0 Å². The average molecular weight is 498 g/mol. The number of nitrogens with zero attached hydrogens (tertiary/aromatic N) is 5. The smallest absolute Gasteiger partial charge is 0.295 e. The van der Waals surface area contributed by atoms with Crippen LogP contribution in [-0.4, -0.2) is 24.1 Å². The summed E-state index contributed by atoms with van der Waals surface area (Å²) in [4.78, 5) is 27.2. The first-order valence-electron chi connectivity index (χ1n) is 12.7. The molecule has 0 saturated heterocycles. The van der Waals surface area contributed by atoms with Gasteiger partial charge in [-0.1, -0.05) is 91.0 Å². The molecule has 0 aliphatic heterocycles. The number of benzene rings is 4. The quantitative estimate of drug-likeness (QED) is 0.264. The van der Waals surface area contributed by atoms with Crippen molar-refractivity contribution in [2.45, 2.75) is 19.9 Å². The SMILES string of the molecule is CC(C)n1c(=O)n(C)c2ccc(-c3ccc(-c4nc(-c5ccccc5)nc(-c5ccccc5)n4)cc3)cc21. The van der Waals surface area contributed by atoms with Crippen molar-refractivity contribution in [1.82, 2.24) is 24.1 Å². The largest absolute Gasteiger partial charge is 0.329 e. The zero-order valence-electron chi connectivity index (χ0n) is 21.5. The van der Waals surface area contributed by atoms with E-state index in [1.165, 1.54) is 0 Å². The highest BCUT2D eigenvalue weighted by atomic mass is 16.1. The van der Waals surface area contributed by atoms with Gasteiger partial charge in [0.05, 0.1) is 11.0 Å². The minimum Gasteiger partial charge on any atom is -0.295 e. The summed E-state index contributed by atoms with van der Waals surface area (Å²) in [7, 11) is 1.82. The Kier molecular flexibility index (Phi) is 5.92. The molecule has 0 atom stereocenters. The molecule has 0 unspecified atom stereocenters.